The first-order valence-electron chi connectivity index (χ1n) is 6.28. The molecular formula is C12H20N2O. The Morgan fingerprint density at radius 2 is 2.27 bits per heavy atom. The van der Waals surface area contributed by atoms with E-state index in [9.17, 15) is 4.79 Å². The van der Waals surface area contributed by atoms with E-state index in [0.29, 0.717) is 11.9 Å². The number of rotatable bonds is 3. The average Bonchev–Trinajstić information content (AvgIpc) is 3.04. The van der Waals surface area contributed by atoms with Gasteiger partial charge < -0.3 is 4.90 Å². The van der Waals surface area contributed by atoms with E-state index in [-0.39, 0.29) is 11.7 Å². The van der Waals surface area contributed by atoms with Gasteiger partial charge in [-0.05, 0) is 38.5 Å². The van der Waals surface area contributed by atoms with Crippen LogP contribution in [0.3, 0.4) is 0 Å². The Morgan fingerprint density at radius 3 is 2.80 bits per heavy atom. The first kappa shape index (κ1) is 9.64. The number of nitrogens with zero attached hydrogens (tertiary/aromatic N) is 1. The van der Waals surface area contributed by atoms with Crippen LogP contribution in [0, 0.1) is 5.92 Å². The van der Waals surface area contributed by atoms with Crippen LogP contribution in [-0.2, 0) is 4.79 Å². The summed E-state index contributed by atoms with van der Waals surface area (Å²) in [6, 6.07) is 0.555. The van der Waals surface area contributed by atoms with Crippen LogP contribution in [0.15, 0.2) is 0 Å². The van der Waals surface area contributed by atoms with Crippen LogP contribution in [-0.4, -0.2) is 28.6 Å². The summed E-state index contributed by atoms with van der Waals surface area (Å²) < 4.78 is 0. The lowest BCUT2D eigenvalue weighted by Gasteiger charge is -2.21. The summed E-state index contributed by atoms with van der Waals surface area (Å²) in [7, 11) is 0. The Balaban J connectivity index is 1.69. The zero-order chi connectivity index (χ0) is 10.6. The van der Waals surface area contributed by atoms with Crippen molar-refractivity contribution < 1.29 is 4.79 Å². The summed E-state index contributed by atoms with van der Waals surface area (Å²) in [6.07, 6.45) is 6.15. The number of carbonyl (C=O) groups excluding carboxylic acids is 1. The van der Waals surface area contributed by atoms with Gasteiger partial charge in [0.05, 0.1) is 11.7 Å². The molecule has 3 heteroatoms. The molecule has 3 aliphatic rings. The van der Waals surface area contributed by atoms with E-state index in [2.05, 4.69) is 24.1 Å². The standard InChI is InChI=1S/C12H20N2O/c1-3-4-9-7-10(9)14-8(2)13-12(5-6-12)11(14)15/h8-10,13H,3-7H2,1-2H3. The summed E-state index contributed by atoms with van der Waals surface area (Å²) in [6.45, 7) is 4.36. The first-order chi connectivity index (χ1) is 7.18. The highest BCUT2D eigenvalue weighted by atomic mass is 16.2. The van der Waals surface area contributed by atoms with Gasteiger partial charge in [0, 0.05) is 6.04 Å². The number of hydrogen-bond acceptors (Lipinski definition) is 2. The molecule has 2 aliphatic carbocycles. The third-order valence-corrected chi connectivity index (χ3v) is 4.20. The average molecular weight is 208 g/mol. The van der Waals surface area contributed by atoms with Crippen molar-refractivity contribution in [2.45, 2.75) is 63.7 Å². The fraction of sp³-hybridized carbons (Fsp3) is 0.917. The van der Waals surface area contributed by atoms with Gasteiger partial charge in [0.25, 0.3) is 0 Å². The van der Waals surface area contributed by atoms with Crippen LogP contribution >= 0.6 is 0 Å². The Bertz CT molecular complexity index is 298. The molecule has 1 saturated heterocycles. The van der Waals surface area contributed by atoms with Crippen molar-refractivity contribution >= 4 is 5.91 Å². The van der Waals surface area contributed by atoms with Gasteiger partial charge in [-0.1, -0.05) is 13.3 Å². The van der Waals surface area contributed by atoms with Gasteiger partial charge in [0.2, 0.25) is 5.91 Å². The predicted octanol–water partition coefficient (Wildman–Crippen LogP) is 1.49. The van der Waals surface area contributed by atoms with Crippen LogP contribution in [0.2, 0.25) is 0 Å². The molecule has 84 valence electrons. The lowest BCUT2D eigenvalue weighted by atomic mass is 10.2. The van der Waals surface area contributed by atoms with Crippen molar-refractivity contribution in [1.29, 1.82) is 0 Å². The molecule has 1 aliphatic heterocycles. The monoisotopic (exact) mass is 208 g/mol. The number of nitrogens with one attached hydrogen (secondary N) is 1. The van der Waals surface area contributed by atoms with Gasteiger partial charge in [0.1, 0.15) is 0 Å². The van der Waals surface area contributed by atoms with Crippen LogP contribution in [0.1, 0.15) is 46.0 Å². The maximum atomic E-state index is 12.2. The van der Waals surface area contributed by atoms with Crippen molar-refractivity contribution in [3.8, 4) is 0 Å². The summed E-state index contributed by atoms with van der Waals surface area (Å²) >= 11 is 0. The molecule has 0 aromatic carbocycles. The maximum Gasteiger partial charge on any atom is 0.244 e. The normalized spacial score (nSPS) is 41.3. The fourth-order valence-corrected chi connectivity index (χ4v) is 3.13. The van der Waals surface area contributed by atoms with E-state index in [4.69, 9.17) is 0 Å². The lowest BCUT2D eigenvalue weighted by Crippen LogP contribution is -2.37. The highest BCUT2D eigenvalue weighted by molar-refractivity contribution is 5.92. The van der Waals surface area contributed by atoms with Crippen LogP contribution in [0.25, 0.3) is 0 Å². The first-order valence-corrected chi connectivity index (χ1v) is 6.28. The predicted molar refractivity (Wildman–Crippen MR) is 58.2 cm³/mol. The molecule has 0 bridgehead atoms. The molecule has 1 heterocycles. The Hall–Kier alpha value is -0.570. The van der Waals surface area contributed by atoms with E-state index < -0.39 is 0 Å². The van der Waals surface area contributed by atoms with Gasteiger partial charge in [-0.3, -0.25) is 10.1 Å². The molecule has 3 atom stereocenters. The molecule has 1 spiro atoms. The zero-order valence-electron chi connectivity index (χ0n) is 9.62. The number of amides is 1. The van der Waals surface area contributed by atoms with E-state index in [1.54, 1.807) is 0 Å². The topological polar surface area (TPSA) is 32.3 Å². The van der Waals surface area contributed by atoms with Crippen LogP contribution < -0.4 is 5.32 Å². The second-order valence-electron chi connectivity index (χ2n) is 5.47. The Labute approximate surface area is 91.2 Å². The summed E-state index contributed by atoms with van der Waals surface area (Å²) in [4.78, 5) is 14.3. The summed E-state index contributed by atoms with van der Waals surface area (Å²) in [5.74, 6) is 1.18. The maximum absolute atomic E-state index is 12.2. The highest BCUT2D eigenvalue weighted by Crippen LogP contribution is 2.48. The van der Waals surface area contributed by atoms with Gasteiger partial charge in [-0.15, -0.1) is 0 Å². The largest absolute Gasteiger partial charge is 0.323 e. The smallest absolute Gasteiger partial charge is 0.244 e. The minimum atomic E-state index is -0.112. The summed E-state index contributed by atoms with van der Waals surface area (Å²) in [5, 5.41) is 3.46. The number of hydrogen-bond donors (Lipinski definition) is 1. The van der Waals surface area contributed by atoms with Crippen molar-refractivity contribution in [3.63, 3.8) is 0 Å². The Kier molecular flexibility index (Phi) is 1.91. The second kappa shape index (κ2) is 2.97. The highest BCUT2D eigenvalue weighted by Gasteiger charge is 2.61. The van der Waals surface area contributed by atoms with Crippen molar-refractivity contribution in [3.05, 3.63) is 0 Å². The van der Waals surface area contributed by atoms with Gasteiger partial charge >= 0.3 is 0 Å². The summed E-state index contributed by atoms with van der Waals surface area (Å²) in [5.41, 5.74) is -0.112. The molecule has 0 radical (unpaired) electrons. The van der Waals surface area contributed by atoms with Crippen molar-refractivity contribution in [1.82, 2.24) is 10.2 Å². The molecule has 3 rings (SSSR count). The van der Waals surface area contributed by atoms with Crippen LogP contribution in [0.4, 0.5) is 0 Å². The fourth-order valence-electron chi connectivity index (χ4n) is 3.13. The third kappa shape index (κ3) is 1.32. The van der Waals surface area contributed by atoms with Gasteiger partial charge in [0.15, 0.2) is 0 Å². The minimum absolute atomic E-state index is 0.112. The minimum Gasteiger partial charge on any atom is -0.323 e. The van der Waals surface area contributed by atoms with E-state index in [1.807, 2.05) is 0 Å². The van der Waals surface area contributed by atoms with Gasteiger partial charge in [-0.2, -0.15) is 0 Å². The van der Waals surface area contributed by atoms with Crippen molar-refractivity contribution in [2.75, 3.05) is 0 Å². The second-order valence-corrected chi connectivity index (χ2v) is 5.47. The molecule has 2 saturated carbocycles. The van der Waals surface area contributed by atoms with E-state index in [1.165, 1.54) is 19.3 Å². The van der Waals surface area contributed by atoms with E-state index >= 15 is 0 Å². The molecule has 0 aromatic heterocycles. The Morgan fingerprint density at radius 1 is 1.53 bits per heavy atom. The molecule has 3 nitrogen and oxygen atoms in total. The quantitative estimate of drug-likeness (QED) is 0.762. The SMILES string of the molecule is CCCC1CC1N1C(=O)C2(CC2)NC1C. The van der Waals surface area contributed by atoms with Crippen LogP contribution in [0.5, 0.6) is 0 Å². The van der Waals surface area contributed by atoms with Crippen molar-refractivity contribution in [2.24, 2.45) is 5.92 Å². The molecule has 15 heavy (non-hydrogen) atoms. The van der Waals surface area contributed by atoms with E-state index in [0.717, 1.165) is 18.8 Å². The molecule has 1 N–H and O–H groups in total. The zero-order valence-corrected chi connectivity index (χ0v) is 9.62. The molecule has 3 unspecified atom stereocenters. The molecular weight excluding hydrogens is 188 g/mol. The molecule has 1 amide bonds. The lowest BCUT2D eigenvalue weighted by molar-refractivity contribution is -0.131. The third-order valence-electron chi connectivity index (χ3n) is 4.20. The number of carbonyl (C=O) groups is 1. The molecule has 0 aromatic rings. The van der Waals surface area contributed by atoms with Gasteiger partial charge in [-0.25, -0.2) is 0 Å². The molecule has 3 fully saturated rings.